The minimum atomic E-state index is -3.27. The summed E-state index contributed by atoms with van der Waals surface area (Å²) in [5.74, 6) is -0.320. The topological polar surface area (TPSA) is 129 Å². The first-order chi connectivity index (χ1) is 19.8. The molecule has 222 valence electrons. The van der Waals surface area contributed by atoms with Crippen molar-refractivity contribution >= 4 is 96.6 Å². The summed E-state index contributed by atoms with van der Waals surface area (Å²) in [4.78, 5) is 23.0. The number of aryl methyl sites for hydroxylation is 1. The highest BCUT2D eigenvalue weighted by Gasteiger charge is 2.37. The number of anilines is 2. The molecular weight excluding hydrogens is 642 g/mol. The van der Waals surface area contributed by atoms with Crippen LogP contribution in [-0.4, -0.2) is 38.7 Å². The largest absolute Gasteiger partial charge is 0.399 e. The zero-order valence-corrected chi connectivity index (χ0v) is 26.7. The minimum Gasteiger partial charge on any atom is -0.399 e. The molecule has 14 heteroatoms. The van der Waals surface area contributed by atoms with Gasteiger partial charge in [0.1, 0.15) is 5.69 Å². The molecule has 1 saturated heterocycles. The second-order valence-electron chi connectivity index (χ2n) is 9.71. The number of carbonyl (C=O) groups excluding carboxylic acids is 1. The molecule has 4 rings (SSSR count). The number of amides is 1. The first-order valence-electron chi connectivity index (χ1n) is 12.8. The number of carbonyl (C=O) groups is 1. The van der Waals surface area contributed by atoms with E-state index in [4.69, 9.17) is 57.1 Å². The lowest BCUT2D eigenvalue weighted by Gasteiger charge is -2.18. The van der Waals surface area contributed by atoms with Gasteiger partial charge < -0.3 is 5.73 Å². The van der Waals surface area contributed by atoms with Crippen molar-refractivity contribution in [1.29, 1.82) is 0 Å². The summed E-state index contributed by atoms with van der Waals surface area (Å²) >= 11 is 25.3. The van der Waals surface area contributed by atoms with Crippen LogP contribution in [0.4, 0.5) is 22.7 Å². The number of hydrazine groups is 1. The average Bonchev–Trinajstić information content (AvgIpc) is 3.18. The van der Waals surface area contributed by atoms with E-state index in [1.54, 1.807) is 18.2 Å². The predicted octanol–water partition coefficient (Wildman–Crippen LogP) is 6.98. The molecule has 0 aromatic heterocycles. The van der Waals surface area contributed by atoms with Gasteiger partial charge in [0.2, 0.25) is 10.0 Å². The van der Waals surface area contributed by atoms with Crippen LogP contribution in [0.3, 0.4) is 0 Å². The lowest BCUT2D eigenvalue weighted by atomic mass is 9.92. The number of benzene rings is 3. The van der Waals surface area contributed by atoms with Gasteiger partial charge >= 0.3 is 0 Å². The summed E-state index contributed by atoms with van der Waals surface area (Å²) in [6.45, 7) is 4.26. The first kappa shape index (κ1) is 32.1. The van der Waals surface area contributed by atoms with Crippen molar-refractivity contribution in [2.45, 2.75) is 32.6 Å². The summed E-state index contributed by atoms with van der Waals surface area (Å²) in [5, 5.41) is 2.08. The SMILES string of the molecule is CCC(CCNS(C)(=O)=O)c1ccc(N=C2C(=O)N(c3c(Cl)cc(Cl)cc3Cl)NC2=Nc2cc(N)ccc2Cl)c(C)c1. The smallest absolute Gasteiger partial charge is 0.299 e. The van der Waals surface area contributed by atoms with Crippen LogP contribution in [0.25, 0.3) is 0 Å². The van der Waals surface area contributed by atoms with Crippen LogP contribution >= 0.6 is 46.4 Å². The molecule has 3 aromatic carbocycles. The normalized spacial score (nSPS) is 16.4. The van der Waals surface area contributed by atoms with Gasteiger partial charge in [-0.2, -0.15) is 0 Å². The molecule has 0 bridgehead atoms. The standard InChI is InChI=1S/C28H28Cl4N6O3S/c1-4-16(9-10-34-42(3,40)41)17-5-8-23(15(2)11-17)35-25-27(36-24-14-19(33)6-7-20(24)30)37-38(28(25)39)26-21(31)12-18(29)13-22(26)32/h5-8,11-14,16,34H,4,9-10,33H2,1-3H3,(H,36,37). The van der Waals surface area contributed by atoms with E-state index in [-0.39, 0.29) is 33.2 Å². The van der Waals surface area contributed by atoms with Gasteiger partial charge in [-0.05, 0) is 73.2 Å². The fourth-order valence-electron chi connectivity index (χ4n) is 4.44. The Morgan fingerprint density at radius 1 is 0.976 bits per heavy atom. The maximum Gasteiger partial charge on any atom is 0.299 e. The molecule has 1 aliphatic heterocycles. The molecular formula is C28H28Cl4N6O3S. The number of halogens is 4. The number of sulfonamides is 1. The fraction of sp³-hybridized carbons (Fsp3) is 0.250. The molecule has 0 aliphatic carbocycles. The van der Waals surface area contributed by atoms with Crippen molar-refractivity contribution < 1.29 is 13.2 Å². The van der Waals surface area contributed by atoms with Crippen LogP contribution in [0.2, 0.25) is 20.1 Å². The van der Waals surface area contributed by atoms with Gasteiger partial charge in [0.25, 0.3) is 5.91 Å². The molecule has 1 amide bonds. The van der Waals surface area contributed by atoms with E-state index >= 15 is 0 Å². The Kier molecular flexibility index (Phi) is 10.1. The minimum absolute atomic E-state index is 0.00387. The maximum atomic E-state index is 13.8. The Morgan fingerprint density at radius 2 is 1.67 bits per heavy atom. The van der Waals surface area contributed by atoms with E-state index in [1.165, 1.54) is 12.1 Å². The van der Waals surface area contributed by atoms with Gasteiger partial charge in [0.05, 0.1) is 32.7 Å². The molecule has 3 aromatic rings. The number of aliphatic imine (C=N–C) groups is 2. The Balaban J connectivity index is 1.75. The van der Waals surface area contributed by atoms with E-state index < -0.39 is 15.9 Å². The van der Waals surface area contributed by atoms with Crippen molar-refractivity contribution in [3.63, 3.8) is 0 Å². The molecule has 0 spiro atoms. The third-order valence-electron chi connectivity index (χ3n) is 6.53. The fourth-order valence-corrected chi connectivity index (χ4v) is 6.08. The Labute approximate surface area is 264 Å². The van der Waals surface area contributed by atoms with Crippen molar-refractivity contribution in [1.82, 2.24) is 10.1 Å². The molecule has 1 fully saturated rings. The number of nitrogens with zero attached hydrogens (tertiary/aromatic N) is 3. The Hall–Kier alpha value is -2.86. The third-order valence-corrected chi connectivity index (χ3v) is 8.37. The lowest BCUT2D eigenvalue weighted by Crippen LogP contribution is -2.36. The second-order valence-corrected chi connectivity index (χ2v) is 13.2. The highest BCUT2D eigenvalue weighted by molar-refractivity contribution is 7.88. The van der Waals surface area contributed by atoms with Gasteiger partial charge in [-0.3, -0.25) is 10.2 Å². The van der Waals surface area contributed by atoms with Crippen LogP contribution in [0, 0.1) is 6.92 Å². The van der Waals surface area contributed by atoms with E-state index in [9.17, 15) is 13.2 Å². The van der Waals surface area contributed by atoms with Crippen LogP contribution < -0.4 is 20.9 Å². The molecule has 4 N–H and O–H groups in total. The number of rotatable bonds is 9. The van der Waals surface area contributed by atoms with E-state index in [2.05, 4.69) is 15.1 Å². The summed E-state index contributed by atoms with van der Waals surface area (Å²) in [6, 6.07) is 13.5. The second kappa shape index (κ2) is 13.2. The average molecular weight is 670 g/mol. The number of nitrogens with two attached hydrogens (primary N) is 1. The van der Waals surface area contributed by atoms with E-state index in [1.807, 2.05) is 32.0 Å². The van der Waals surface area contributed by atoms with E-state index in [0.717, 1.165) is 28.8 Å². The quantitative estimate of drug-likeness (QED) is 0.212. The molecule has 1 heterocycles. The number of hydrogen-bond donors (Lipinski definition) is 3. The van der Waals surface area contributed by atoms with Gasteiger partial charge in [0, 0.05) is 17.3 Å². The number of nitrogen functional groups attached to an aromatic ring is 1. The molecule has 0 saturated carbocycles. The summed E-state index contributed by atoms with van der Waals surface area (Å²) in [5.41, 5.74) is 12.2. The van der Waals surface area contributed by atoms with Gasteiger partial charge in [-0.15, -0.1) is 0 Å². The highest BCUT2D eigenvalue weighted by atomic mass is 35.5. The van der Waals surface area contributed by atoms with Crippen LogP contribution in [0.1, 0.15) is 36.8 Å². The van der Waals surface area contributed by atoms with Crippen LogP contribution in [0.5, 0.6) is 0 Å². The van der Waals surface area contributed by atoms with E-state index in [0.29, 0.717) is 40.1 Å². The molecule has 1 atom stereocenters. The van der Waals surface area contributed by atoms with Gasteiger partial charge in [-0.1, -0.05) is 65.5 Å². The Morgan fingerprint density at radius 3 is 2.29 bits per heavy atom. The van der Waals surface area contributed by atoms with Crippen LogP contribution in [0.15, 0.2) is 58.5 Å². The first-order valence-corrected chi connectivity index (χ1v) is 16.2. The Bertz CT molecular complexity index is 1690. The molecule has 0 radical (unpaired) electrons. The summed E-state index contributed by atoms with van der Waals surface area (Å²) in [7, 11) is -3.27. The number of hydrogen-bond acceptors (Lipinski definition) is 6. The molecule has 1 aliphatic rings. The molecule has 42 heavy (non-hydrogen) atoms. The van der Waals surface area contributed by atoms with Crippen molar-refractivity contribution in [3.8, 4) is 0 Å². The summed E-state index contributed by atoms with van der Waals surface area (Å²) < 4.78 is 25.5. The van der Waals surface area contributed by atoms with Gasteiger partial charge in [-0.25, -0.2) is 28.1 Å². The summed E-state index contributed by atoms with van der Waals surface area (Å²) in [6.07, 6.45) is 2.59. The maximum absolute atomic E-state index is 13.8. The van der Waals surface area contributed by atoms with Crippen molar-refractivity contribution in [2.24, 2.45) is 9.98 Å². The van der Waals surface area contributed by atoms with Crippen molar-refractivity contribution in [2.75, 3.05) is 23.5 Å². The van der Waals surface area contributed by atoms with Crippen LogP contribution in [-0.2, 0) is 14.8 Å². The predicted molar refractivity (Wildman–Crippen MR) is 174 cm³/mol. The molecule has 1 unspecified atom stereocenters. The number of nitrogens with one attached hydrogen (secondary N) is 2. The zero-order chi connectivity index (χ0) is 30.8. The highest BCUT2D eigenvalue weighted by Crippen LogP contribution is 2.38. The van der Waals surface area contributed by atoms with Crippen molar-refractivity contribution in [3.05, 3.63) is 79.7 Å². The monoisotopic (exact) mass is 668 g/mol. The zero-order valence-electron chi connectivity index (χ0n) is 22.9. The van der Waals surface area contributed by atoms with Gasteiger partial charge in [0.15, 0.2) is 11.5 Å². The third kappa shape index (κ3) is 7.55. The number of amidine groups is 1. The molecule has 9 nitrogen and oxygen atoms in total. The lowest BCUT2D eigenvalue weighted by molar-refractivity contribution is -0.112.